The van der Waals surface area contributed by atoms with E-state index in [1.807, 2.05) is 97.6 Å². The molecule has 1 heterocycles. The summed E-state index contributed by atoms with van der Waals surface area (Å²) >= 11 is 0. The zero-order valence-corrected chi connectivity index (χ0v) is 23.0. The third-order valence-corrected chi connectivity index (χ3v) is 6.80. The molecule has 0 aliphatic rings. The molecule has 1 unspecified atom stereocenters. The molecule has 1 amide bonds. The predicted molar refractivity (Wildman–Crippen MR) is 158 cm³/mol. The summed E-state index contributed by atoms with van der Waals surface area (Å²) in [6.07, 6.45) is 7.59. The van der Waals surface area contributed by atoms with E-state index < -0.39 is 6.04 Å². The molecular weight excluding hydrogens is 486 g/mol. The molecule has 0 saturated heterocycles. The van der Waals surface area contributed by atoms with Crippen LogP contribution in [0.5, 0.6) is 5.75 Å². The highest BCUT2D eigenvalue weighted by Crippen LogP contribution is 2.25. The van der Waals surface area contributed by atoms with Crippen LogP contribution in [0.4, 0.5) is 0 Å². The second-order valence-corrected chi connectivity index (χ2v) is 9.57. The zero-order chi connectivity index (χ0) is 27.6. The largest absolute Gasteiger partial charge is 0.494 e. The van der Waals surface area contributed by atoms with Crippen molar-refractivity contribution in [2.24, 2.45) is 0 Å². The first-order chi connectivity index (χ1) is 19.0. The van der Waals surface area contributed by atoms with Gasteiger partial charge in [-0.15, -0.1) is 0 Å². The second kappa shape index (κ2) is 13.6. The van der Waals surface area contributed by atoms with Gasteiger partial charge in [0.05, 0.1) is 29.2 Å². The highest BCUT2D eigenvalue weighted by Gasteiger charge is 2.25. The van der Waals surface area contributed by atoms with E-state index in [0.717, 1.165) is 37.0 Å². The minimum atomic E-state index is -0.441. The minimum absolute atomic E-state index is 0.108. The van der Waals surface area contributed by atoms with Crippen LogP contribution >= 0.6 is 0 Å². The van der Waals surface area contributed by atoms with Gasteiger partial charge in [0.15, 0.2) is 0 Å². The molecule has 0 aliphatic heterocycles. The Morgan fingerprint density at radius 1 is 0.949 bits per heavy atom. The summed E-state index contributed by atoms with van der Waals surface area (Å²) in [5.74, 6) is 1.15. The molecular formula is C33H37N3O3. The van der Waals surface area contributed by atoms with E-state index in [0.29, 0.717) is 35.6 Å². The second-order valence-electron chi connectivity index (χ2n) is 9.57. The summed E-state index contributed by atoms with van der Waals surface area (Å²) in [6.45, 7) is 7.19. The molecule has 0 radical (unpaired) electrons. The van der Waals surface area contributed by atoms with E-state index >= 15 is 0 Å². The fourth-order valence-electron chi connectivity index (χ4n) is 4.71. The number of aromatic nitrogens is 2. The Kier molecular flexibility index (Phi) is 9.68. The van der Waals surface area contributed by atoms with Gasteiger partial charge < -0.3 is 9.64 Å². The van der Waals surface area contributed by atoms with Crippen molar-refractivity contribution in [1.82, 2.24) is 14.5 Å². The SMILES string of the molecule is CCCCCCN(C(=O)/C=C/c1ccccc1)C(C)c1nc2ccccc2c(=O)n1-c1ccc(OCC)cc1. The number of rotatable bonds is 12. The standard InChI is InChI=1S/C33H37N3O3/c1-4-6-7-13-24-35(31(37)23-18-26-14-9-8-10-15-26)25(3)32-34-30-17-12-11-16-29(30)33(38)36(32)27-19-21-28(22-20-27)39-5-2/h8-12,14-23,25H,4-7,13,24H2,1-3H3/b23-18+. The van der Waals surface area contributed by atoms with Crippen LogP contribution in [0.2, 0.25) is 0 Å². The van der Waals surface area contributed by atoms with Crippen molar-refractivity contribution in [2.45, 2.75) is 52.5 Å². The van der Waals surface area contributed by atoms with Crippen LogP contribution < -0.4 is 10.3 Å². The molecule has 6 nitrogen and oxygen atoms in total. The molecule has 1 atom stereocenters. The summed E-state index contributed by atoms with van der Waals surface area (Å²) in [4.78, 5) is 34.2. The van der Waals surface area contributed by atoms with Gasteiger partial charge in [0.2, 0.25) is 5.91 Å². The van der Waals surface area contributed by atoms with Crippen LogP contribution in [0.1, 0.15) is 63.9 Å². The van der Waals surface area contributed by atoms with Crippen molar-refractivity contribution in [3.63, 3.8) is 0 Å². The van der Waals surface area contributed by atoms with Crippen LogP contribution in [0.15, 0.2) is 89.7 Å². The summed E-state index contributed by atoms with van der Waals surface area (Å²) in [5, 5.41) is 0.534. The average Bonchev–Trinajstić information content (AvgIpc) is 2.97. The lowest BCUT2D eigenvalue weighted by Gasteiger charge is -2.30. The van der Waals surface area contributed by atoms with Crippen LogP contribution in [0.25, 0.3) is 22.7 Å². The number of benzene rings is 3. The van der Waals surface area contributed by atoms with E-state index in [2.05, 4.69) is 6.92 Å². The van der Waals surface area contributed by atoms with Crippen LogP contribution in [-0.4, -0.2) is 33.5 Å². The van der Waals surface area contributed by atoms with E-state index in [1.54, 1.807) is 16.7 Å². The Hall–Kier alpha value is -4.19. The first kappa shape index (κ1) is 27.8. The molecule has 6 heteroatoms. The zero-order valence-electron chi connectivity index (χ0n) is 23.0. The lowest BCUT2D eigenvalue weighted by Crippen LogP contribution is -2.37. The van der Waals surface area contributed by atoms with Crippen LogP contribution in [-0.2, 0) is 4.79 Å². The summed E-state index contributed by atoms with van der Waals surface area (Å²) in [7, 11) is 0. The number of hydrogen-bond donors (Lipinski definition) is 0. The fraction of sp³-hybridized carbons (Fsp3) is 0.303. The maximum Gasteiger partial charge on any atom is 0.266 e. The Balaban J connectivity index is 1.78. The van der Waals surface area contributed by atoms with Gasteiger partial charge in [-0.3, -0.25) is 14.2 Å². The van der Waals surface area contributed by atoms with Gasteiger partial charge in [0.1, 0.15) is 11.6 Å². The maximum absolute atomic E-state index is 13.8. The van der Waals surface area contributed by atoms with Crippen molar-refractivity contribution in [3.05, 3.63) is 107 Å². The first-order valence-electron chi connectivity index (χ1n) is 13.8. The van der Waals surface area contributed by atoms with Gasteiger partial charge in [-0.25, -0.2) is 4.98 Å². The van der Waals surface area contributed by atoms with Gasteiger partial charge in [-0.05, 0) is 68.3 Å². The molecule has 3 aromatic carbocycles. The van der Waals surface area contributed by atoms with Gasteiger partial charge in [-0.1, -0.05) is 68.7 Å². The van der Waals surface area contributed by atoms with Crippen molar-refractivity contribution in [1.29, 1.82) is 0 Å². The van der Waals surface area contributed by atoms with Crippen molar-refractivity contribution in [3.8, 4) is 11.4 Å². The lowest BCUT2D eigenvalue weighted by molar-refractivity contribution is -0.128. The molecule has 0 aliphatic carbocycles. The van der Waals surface area contributed by atoms with E-state index in [-0.39, 0.29) is 11.5 Å². The highest BCUT2D eigenvalue weighted by atomic mass is 16.5. The highest BCUT2D eigenvalue weighted by molar-refractivity contribution is 5.92. The number of para-hydroxylation sites is 1. The number of hydrogen-bond acceptors (Lipinski definition) is 4. The molecule has 0 saturated carbocycles. The molecule has 0 spiro atoms. The molecule has 0 N–H and O–H groups in total. The Bertz CT molecular complexity index is 1460. The summed E-state index contributed by atoms with van der Waals surface area (Å²) in [6, 6.07) is 24.1. The average molecular weight is 524 g/mol. The third kappa shape index (κ3) is 6.82. The monoisotopic (exact) mass is 523 g/mol. The smallest absolute Gasteiger partial charge is 0.266 e. The molecule has 39 heavy (non-hydrogen) atoms. The predicted octanol–water partition coefficient (Wildman–Crippen LogP) is 6.97. The van der Waals surface area contributed by atoms with Gasteiger partial charge in [0.25, 0.3) is 5.56 Å². The molecule has 4 aromatic rings. The van der Waals surface area contributed by atoms with Crippen molar-refractivity contribution in [2.75, 3.05) is 13.2 Å². The molecule has 202 valence electrons. The molecule has 4 rings (SSSR count). The Labute approximate surface area is 230 Å². The fourth-order valence-corrected chi connectivity index (χ4v) is 4.71. The molecule has 1 aromatic heterocycles. The third-order valence-electron chi connectivity index (χ3n) is 6.80. The van der Waals surface area contributed by atoms with Gasteiger partial charge in [0, 0.05) is 12.6 Å². The number of unbranched alkanes of at least 4 members (excludes halogenated alkanes) is 3. The number of ether oxygens (including phenoxy) is 1. The molecule has 0 bridgehead atoms. The topological polar surface area (TPSA) is 64.4 Å². The number of carbonyl (C=O) groups excluding carboxylic acids is 1. The number of fused-ring (bicyclic) bond motifs is 1. The Morgan fingerprint density at radius 3 is 2.38 bits per heavy atom. The number of carbonyl (C=O) groups is 1. The summed E-state index contributed by atoms with van der Waals surface area (Å²) < 4.78 is 7.24. The van der Waals surface area contributed by atoms with Gasteiger partial charge >= 0.3 is 0 Å². The normalized spacial score (nSPS) is 12.1. The van der Waals surface area contributed by atoms with E-state index in [1.165, 1.54) is 0 Å². The van der Waals surface area contributed by atoms with E-state index in [4.69, 9.17) is 9.72 Å². The quantitative estimate of drug-likeness (QED) is 0.149. The van der Waals surface area contributed by atoms with Crippen LogP contribution in [0, 0.1) is 0 Å². The van der Waals surface area contributed by atoms with Crippen LogP contribution in [0.3, 0.4) is 0 Å². The lowest BCUT2D eigenvalue weighted by atomic mass is 10.1. The first-order valence-corrected chi connectivity index (χ1v) is 13.8. The Morgan fingerprint density at radius 2 is 1.67 bits per heavy atom. The van der Waals surface area contributed by atoms with Crippen molar-refractivity contribution < 1.29 is 9.53 Å². The summed E-state index contributed by atoms with van der Waals surface area (Å²) in [5.41, 5.74) is 2.09. The molecule has 0 fully saturated rings. The maximum atomic E-state index is 13.8. The number of nitrogens with zero attached hydrogens (tertiary/aromatic N) is 3. The number of amides is 1. The van der Waals surface area contributed by atoms with Crippen molar-refractivity contribution >= 4 is 22.9 Å². The van der Waals surface area contributed by atoms with E-state index in [9.17, 15) is 9.59 Å². The minimum Gasteiger partial charge on any atom is -0.494 e. The van der Waals surface area contributed by atoms with Gasteiger partial charge in [-0.2, -0.15) is 0 Å².